The molecule has 2 aromatic carbocycles. The number of ether oxygens (including phenoxy) is 3. The van der Waals surface area contributed by atoms with Gasteiger partial charge in [-0.15, -0.1) is 12.4 Å². The number of hydrogen-bond donors (Lipinski definition) is 1. The summed E-state index contributed by atoms with van der Waals surface area (Å²) in [5, 5.41) is 3.47. The van der Waals surface area contributed by atoms with Gasteiger partial charge in [-0.25, -0.2) is 0 Å². The maximum absolute atomic E-state index is 6.08. The number of hydrogen-bond acceptors (Lipinski definition) is 4. The van der Waals surface area contributed by atoms with E-state index in [9.17, 15) is 0 Å². The molecule has 0 radical (unpaired) electrons. The number of rotatable bonds is 13. The Bertz CT molecular complexity index is 622. The lowest BCUT2D eigenvalue weighted by molar-refractivity contribution is 0.128. The molecule has 0 aliphatic carbocycles. The quantitative estimate of drug-likeness (QED) is 0.486. The summed E-state index contributed by atoms with van der Waals surface area (Å²) >= 11 is 0. The molecule has 150 valence electrons. The van der Waals surface area contributed by atoms with Crippen molar-refractivity contribution in [3.05, 3.63) is 59.7 Å². The standard InChI is InChI=1S/C22H31NO3.ClH/c1-3-4-15-25-16-9-14-23-17-20-12-8-13-21(24-2)22(20)26-18-19-10-6-5-7-11-19;/h5-8,10-13,23H,3-4,9,14-18H2,1-2H3;1H. The molecular formula is C22H32ClNO3. The van der Waals surface area contributed by atoms with Gasteiger partial charge in [0.15, 0.2) is 11.5 Å². The Morgan fingerprint density at radius 1 is 0.926 bits per heavy atom. The van der Waals surface area contributed by atoms with Gasteiger partial charge in [0.2, 0.25) is 0 Å². The van der Waals surface area contributed by atoms with E-state index in [2.05, 4.69) is 30.4 Å². The Labute approximate surface area is 169 Å². The second kappa shape index (κ2) is 14.3. The molecule has 0 spiro atoms. The lowest BCUT2D eigenvalue weighted by atomic mass is 10.1. The monoisotopic (exact) mass is 393 g/mol. The molecule has 1 N–H and O–H groups in total. The van der Waals surface area contributed by atoms with Crippen molar-refractivity contribution in [1.29, 1.82) is 0 Å². The van der Waals surface area contributed by atoms with Crippen LogP contribution in [0, 0.1) is 0 Å². The van der Waals surface area contributed by atoms with Crippen LogP contribution in [0.5, 0.6) is 11.5 Å². The first-order chi connectivity index (χ1) is 12.8. The Balaban J connectivity index is 0.00000364. The SMILES string of the molecule is CCCCOCCCNCc1cccc(OC)c1OCc1ccccc1.Cl. The highest BCUT2D eigenvalue weighted by atomic mass is 35.5. The molecule has 0 aromatic heterocycles. The van der Waals surface area contributed by atoms with E-state index in [1.54, 1.807) is 7.11 Å². The summed E-state index contributed by atoms with van der Waals surface area (Å²) in [5.41, 5.74) is 2.24. The van der Waals surface area contributed by atoms with E-state index in [1.807, 2.05) is 30.3 Å². The number of para-hydroxylation sites is 1. The summed E-state index contributed by atoms with van der Waals surface area (Å²) in [6.45, 7) is 6.04. The molecule has 4 nitrogen and oxygen atoms in total. The van der Waals surface area contributed by atoms with E-state index < -0.39 is 0 Å². The van der Waals surface area contributed by atoms with E-state index in [4.69, 9.17) is 14.2 Å². The molecule has 27 heavy (non-hydrogen) atoms. The van der Waals surface area contributed by atoms with Gasteiger partial charge in [0.1, 0.15) is 6.61 Å². The van der Waals surface area contributed by atoms with Crippen molar-refractivity contribution in [2.75, 3.05) is 26.9 Å². The fourth-order valence-electron chi connectivity index (χ4n) is 2.63. The molecule has 5 heteroatoms. The van der Waals surface area contributed by atoms with Crippen LogP contribution < -0.4 is 14.8 Å². The maximum atomic E-state index is 6.08. The van der Waals surface area contributed by atoms with E-state index in [0.717, 1.165) is 61.8 Å². The highest BCUT2D eigenvalue weighted by molar-refractivity contribution is 5.85. The normalized spacial score (nSPS) is 10.3. The number of methoxy groups -OCH3 is 1. The molecule has 0 heterocycles. The van der Waals surface area contributed by atoms with Crippen LogP contribution in [-0.2, 0) is 17.9 Å². The predicted octanol–water partition coefficient (Wildman–Crippen LogP) is 4.99. The van der Waals surface area contributed by atoms with E-state index in [0.29, 0.717) is 6.61 Å². The van der Waals surface area contributed by atoms with Gasteiger partial charge in [0, 0.05) is 25.3 Å². The van der Waals surface area contributed by atoms with Gasteiger partial charge in [-0.2, -0.15) is 0 Å². The Morgan fingerprint density at radius 3 is 2.44 bits per heavy atom. The van der Waals surface area contributed by atoms with Crippen molar-refractivity contribution >= 4 is 12.4 Å². The van der Waals surface area contributed by atoms with Gasteiger partial charge in [0.25, 0.3) is 0 Å². The van der Waals surface area contributed by atoms with Crippen molar-refractivity contribution in [3.8, 4) is 11.5 Å². The third kappa shape index (κ3) is 8.65. The van der Waals surface area contributed by atoms with Gasteiger partial charge in [-0.05, 0) is 31.0 Å². The molecule has 0 aliphatic heterocycles. The summed E-state index contributed by atoms with van der Waals surface area (Å²) in [5.74, 6) is 1.58. The molecule has 0 saturated heterocycles. The molecule has 2 aromatic rings. The summed E-state index contributed by atoms with van der Waals surface area (Å²) in [6, 6.07) is 16.2. The second-order valence-electron chi connectivity index (χ2n) is 6.22. The summed E-state index contributed by atoms with van der Waals surface area (Å²) in [7, 11) is 1.68. The van der Waals surface area contributed by atoms with Crippen LogP contribution in [0.1, 0.15) is 37.3 Å². The average Bonchev–Trinajstić information content (AvgIpc) is 2.69. The predicted molar refractivity (Wildman–Crippen MR) is 113 cm³/mol. The number of unbranched alkanes of at least 4 members (excludes halogenated alkanes) is 1. The minimum absolute atomic E-state index is 0. The highest BCUT2D eigenvalue weighted by Crippen LogP contribution is 2.31. The van der Waals surface area contributed by atoms with Crippen LogP contribution in [0.3, 0.4) is 0 Å². The van der Waals surface area contributed by atoms with Crippen LogP contribution in [-0.4, -0.2) is 26.9 Å². The maximum Gasteiger partial charge on any atom is 0.166 e. The lowest BCUT2D eigenvalue weighted by Gasteiger charge is -2.16. The Morgan fingerprint density at radius 2 is 1.70 bits per heavy atom. The average molecular weight is 394 g/mol. The first-order valence-corrected chi connectivity index (χ1v) is 9.46. The summed E-state index contributed by atoms with van der Waals surface area (Å²) in [4.78, 5) is 0. The van der Waals surface area contributed by atoms with Crippen molar-refractivity contribution in [2.45, 2.75) is 39.3 Å². The third-order valence-corrected chi connectivity index (χ3v) is 4.11. The van der Waals surface area contributed by atoms with Crippen LogP contribution in [0.2, 0.25) is 0 Å². The number of benzene rings is 2. The zero-order valence-electron chi connectivity index (χ0n) is 16.4. The lowest BCUT2D eigenvalue weighted by Crippen LogP contribution is -2.17. The molecule has 2 rings (SSSR count). The van der Waals surface area contributed by atoms with Crippen LogP contribution in [0.15, 0.2) is 48.5 Å². The van der Waals surface area contributed by atoms with E-state index in [1.165, 1.54) is 6.42 Å². The second-order valence-corrected chi connectivity index (χ2v) is 6.22. The van der Waals surface area contributed by atoms with Crippen LogP contribution in [0.4, 0.5) is 0 Å². The number of nitrogens with one attached hydrogen (secondary N) is 1. The summed E-state index contributed by atoms with van der Waals surface area (Å²) < 4.78 is 17.2. The van der Waals surface area contributed by atoms with Gasteiger partial charge in [-0.1, -0.05) is 55.8 Å². The molecule has 0 atom stereocenters. The highest BCUT2D eigenvalue weighted by Gasteiger charge is 2.10. The molecular weight excluding hydrogens is 362 g/mol. The Hall–Kier alpha value is -1.75. The third-order valence-electron chi connectivity index (χ3n) is 4.11. The van der Waals surface area contributed by atoms with Crippen molar-refractivity contribution in [2.24, 2.45) is 0 Å². The Kier molecular flexibility index (Phi) is 12.4. The van der Waals surface area contributed by atoms with E-state index >= 15 is 0 Å². The zero-order valence-corrected chi connectivity index (χ0v) is 17.2. The molecule has 0 fully saturated rings. The molecule has 0 amide bonds. The molecule has 0 bridgehead atoms. The van der Waals surface area contributed by atoms with Gasteiger partial charge < -0.3 is 19.5 Å². The fraction of sp³-hybridized carbons (Fsp3) is 0.455. The van der Waals surface area contributed by atoms with Crippen LogP contribution >= 0.6 is 12.4 Å². The van der Waals surface area contributed by atoms with Gasteiger partial charge >= 0.3 is 0 Å². The topological polar surface area (TPSA) is 39.7 Å². The van der Waals surface area contributed by atoms with Crippen LogP contribution in [0.25, 0.3) is 0 Å². The first-order valence-electron chi connectivity index (χ1n) is 9.46. The first kappa shape index (κ1) is 23.3. The van der Waals surface area contributed by atoms with Gasteiger partial charge in [-0.3, -0.25) is 0 Å². The van der Waals surface area contributed by atoms with Gasteiger partial charge in [0.05, 0.1) is 7.11 Å². The van der Waals surface area contributed by atoms with Crippen molar-refractivity contribution in [3.63, 3.8) is 0 Å². The smallest absolute Gasteiger partial charge is 0.166 e. The molecule has 0 aliphatic rings. The zero-order chi connectivity index (χ0) is 18.5. The molecule has 0 saturated carbocycles. The summed E-state index contributed by atoms with van der Waals surface area (Å²) in [6.07, 6.45) is 3.33. The number of halogens is 1. The largest absolute Gasteiger partial charge is 0.493 e. The fourth-order valence-corrected chi connectivity index (χ4v) is 2.63. The minimum atomic E-state index is 0. The van der Waals surface area contributed by atoms with E-state index in [-0.39, 0.29) is 12.4 Å². The minimum Gasteiger partial charge on any atom is -0.493 e. The molecule has 0 unspecified atom stereocenters. The van der Waals surface area contributed by atoms with Crippen molar-refractivity contribution in [1.82, 2.24) is 5.32 Å². The van der Waals surface area contributed by atoms with Crippen molar-refractivity contribution < 1.29 is 14.2 Å².